The molecule has 0 fully saturated rings. The van der Waals surface area contributed by atoms with Crippen molar-refractivity contribution in [2.75, 3.05) is 0 Å². The molecule has 0 unspecified atom stereocenters. The second-order valence-electron chi connectivity index (χ2n) is 10.8. The summed E-state index contributed by atoms with van der Waals surface area (Å²) in [5, 5.41) is 25.6. The predicted molar refractivity (Wildman–Crippen MR) is 172 cm³/mol. The van der Waals surface area contributed by atoms with Gasteiger partial charge in [0.2, 0.25) is 0 Å². The Kier molecular flexibility index (Phi) is 4.68. The van der Waals surface area contributed by atoms with Crippen LogP contribution in [-0.2, 0) is 0 Å². The van der Waals surface area contributed by atoms with Gasteiger partial charge in [0.15, 0.2) is 5.58 Å². The van der Waals surface area contributed by atoms with E-state index in [0.29, 0.717) is 11.1 Å². The van der Waals surface area contributed by atoms with Crippen molar-refractivity contribution in [1.29, 1.82) is 10.5 Å². The first-order valence-electron chi connectivity index (χ1n) is 14.1. The monoisotopic (exact) mass is 548 g/mol. The van der Waals surface area contributed by atoms with E-state index >= 15 is 0 Å². The van der Waals surface area contributed by atoms with Gasteiger partial charge < -0.3 is 13.6 Å². The third-order valence-corrected chi connectivity index (χ3v) is 8.57. The van der Waals surface area contributed by atoms with Crippen LogP contribution in [0.4, 0.5) is 0 Å². The van der Waals surface area contributed by atoms with Gasteiger partial charge in [-0.1, -0.05) is 54.6 Å². The number of hydrogen-bond donors (Lipinski definition) is 0. The lowest BCUT2D eigenvalue weighted by Crippen LogP contribution is -1.95. The van der Waals surface area contributed by atoms with Crippen LogP contribution in [0.2, 0.25) is 0 Å². The lowest BCUT2D eigenvalue weighted by atomic mass is 10.1. The molecule has 0 aliphatic carbocycles. The maximum atomic E-state index is 9.63. The van der Waals surface area contributed by atoms with Gasteiger partial charge in [0, 0.05) is 26.9 Å². The summed E-state index contributed by atoms with van der Waals surface area (Å²) < 4.78 is 11.2. The van der Waals surface area contributed by atoms with Crippen LogP contribution in [0.15, 0.2) is 126 Å². The molecular formula is C38H20N4O. The molecule has 9 aromatic rings. The van der Waals surface area contributed by atoms with E-state index < -0.39 is 0 Å². The molecule has 0 saturated heterocycles. The maximum Gasteiger partial charge on any atom is 0.159 e. The third kappa shape index (κ3) is 3.14. The highest BCUT2D eigenvalue weighted by Gasteiger charge is 2.21. The molecule has 198 valence electrons. The van der Waals surface area contributed by atoms with Gasteiger partial charge in [-0.15, -0.1) is 0 Å². The van der Waals surface area contributed by atoms with Crippen molar-refractivity contribution >= 4 is 65.6 Å². The summed E-state index contributed by atoms with van der Waals surface area (Å²) in [6.45, 7) is 0. The first-order chi connectivity index (χ1) is 21.2. The summed E-state index contributed by atoms with van der Waals surface area (Å²) in [5.74, 6) is 0. The Bertz CT molecular complexity index is 2580. The molecule has 5 heteroatoms. The molecule has 3 heterocycles. The number of nitriles is 2. The van der Waals surface area contributed by atoms with Crippen molar-refractivity contribution in [2.24, 2.45) is 0 Å². The smallest absolute Gasteiger partial charge is 0.159 e. The number of aromatic nitrogens is 2. The van der Waals surface area contributed by atoms with Crippen molar-refractivity contribution in [3.05, 3.63) is 132 Å². The topological polar surface area (TPSA) is 70.6 Å². The van der Waals surface area contributed by atoms with E-state index in [-0.39, 0.29) is 0 Å². The van der Waals surface area contributed by atoms with Crippen molar-refractivity contribution in [2.45, 2.75) is 0 Å². The van der Waals surface area contributed by atoms with E-state index in [1.165, 1.54) is 10.8 Å². The normalized spacial score (nSPS) is 11.7. The number of fused-ring (bicyclic) bond motifs is 9. The van der Waals surface area contributed by atoms with Crippen LogP contribution >= 0.6 is 0 Å². The summed E-state index contributed by atoms with van der Waals surface area (Å²) in [6.07, 6.45) is 0. The second kappa shape index (κ2) is 8.60. The van der Waals surface area contributed by atoms with Gasteiger partial charge >= 0.3 is 0 Å². The number of nitrogens with zero attached hydrogens (tertiary/aromatic N) is 4. The molecule has 0 saturated carbocycles. The predicted octanol–water partition coefficient (Wildman–Crippen LogP) is 9.52. The van der Waals surface area contributed by atoms with Crippen LogP contribution < -0.4 is 0 Å². The summed E-state index contributed by atoms with van der Waals surface area (Å²) >= 11 is 0. The maximum absolute atomic E-state index is 9.63. The van der Waals surface area contributed by atoms with E-state index in [4.69, 9.17) is 4.42 Å². The van der Waals surface area contributed by atoms with Gasteiger partial charge in [-0.25, -0.2) is 0 Å². The number of rotatable bonds is 2. The summed E-state index contributed by atoms with van der Waals surface area (Å²) in [4.78, 5) is 0. The first kappa shape index (κ1) is 23.4. The van der Waals surface area contributed by atoms with Crippen molar-refractivity contribution in [3.63, 3.8) is 0 Å². The van der Waals surface area contributed by atoms with Gasteiger partial charge in [-0.05, 0) is 66.7 Å². The lowest BCUT2D eigenvalue weighted by Gasteiger charge is -2.10. The van der Waals surface area contributed by atoms with Crippen LogP contribution in [-0.4, -0.2) is 9.13 Å². The standard InChI is InChI=1S/C38H20N4O/c39-21-23-15-17-32-28(19-23)29-20-24(22-40)16-18-33(29)42(32)35-13-5-9-27-37-34(12-6-14-36(37)43-38(27)35)41-30-10-3-1-7-25(30)26-8-2-4-11-31(26)41/h1-20H. The molecule has 9 rings (SSSR count). The molecule has 0 aliphatic rings. The number of hydrogen-bond acceptors (Lipinski definition) is 3. The minimum Gasteiger partial charge on any atom is -0.454 e. The highest BCUT2D eigenvalue weighted by Crippen LogP contribution is 2.42. The largest absolute Gasteiger partial charge is 0.454 e. The van der Waals surface area contributed by atoms with E-state index in [1.54, 1.807) is 0 Å². The molecule has 0 bridgehead atoms. The Morgan fingerprint density at radius 1 is 0.465 bits per heavy atom. The third-order valence-electron chi connectivity index (χ3n) is 8.57. The fraction of sp³-hybridized carbons (Fsp3) is 0. The van der Waals surface area contributed by atoms with Gasteiger partial charge in [-0.2, -0.15) is 10.5 Å². The molecule has 0 aliphatic heterocycles. The molecule has 6 aromatic carbocycles. The quantitative estimate of drug-likeness (QED) is 0.216. The number of benzene rings is 6. The van der Waals surface area contributed by atoms with Crippen LogP contribution in [0.25, 0.3) is 76.9 Å². The molecule has 0 spiro atoms. The highest BCUT2D eigenvalue weighted by atomic mass is 16.3. The first-order valence-corrected chi connectivity index (χ1v) is 14.1. The van der Waals surface area contributed by atoms with Crippen molar-refractivity contribution in [1.82, 2.24) is 9.13 Å². The minimum atomic E-state index is 0.576. The fourth-order valence-electron chi connectivity index (χ4n) is 6.78. The van der Waals surface area contributed by atoms with Crippen LogP contribution in [0.3, 0.4) is 0 Å². The molecule has 5 nitrogen and oxygen atoms in total. The van der Waals surface area contributed by atoms with E-state index in [2.05, 4.69) is 100 Å². The molecule has 0 amide bonds. The highest BCUT2D eigenvalue weighted by molar-refractivity contribution is 6.17. The van der Waals surface area contributed by atoms with Gasteiger partial charge in [0.1, 0.15) is 5.58 Å². The average molecular weight is 549 g/mol. The molecule has 3 aromatic heterocycles. The van der Waals surface area contributed by atoms with Gasteiger partial charge in [0.05, 0.1) is 62.1 Å². The Labute approximate surface area is 245 Å². The fourth-order valence-corrected chi connectivity index (χ4v) is 6.78. The van der Waals surface area contributed by atoms with Crippen molar-refractivity contribution in [3.8, 4) is 23.5 Å². The molecule has 0 atom stereocenters. The molecule has 43 heavy (non-hydrogen) atoms. The minimum absolute atomic E-state index is 0.576. The zero-order valence-corrected chi connectivity index (χ0v) is 22.7. The van der Waals surface area contributed by atoms with E-state index in [0.717, 1.165) is 66.2 Å². The summed E-state index contributed by atoms with van der Waals surface area (Å²) in [5.41, 5.74) is 8.87. The number of para-hydroxylation sites is 3. The summed E-state index contributed by atoms with van der Waals surface area (Å²) in [7, 11) is 0. The van der Waals surface area contributed by atoms with Gasteiger partial charge in [-0.3, -0.25) is 0 Å². The molecule has 0 N–H and O–H groups in total. The Morgan fingerprint density at radius 3 is 1.60 bits per heavy atom. The van der Waals surface area contributed by atoms with E-state index in [9.17, 15) is 10.5 Å². The number of furan rings is 1. The SMILES string of the molecule is N#Cc1ccc2c(c1)c1cc(C#N)ccc1n2-c1cccc2c1oc1cccc(-n3c4ccccc4c4ccccc43)c12. The average Bonchev–Trinajstić information content (AvgIpc) is 3.72. The van der Waals surface area contributed by atoms with E-state index in [1.807, 2.05) is 42.5 Å². The Balaban J connectivity index is 1.40. The Morgan fingerprint density at radius 2 is 0.977 bits per heavy atom. The Hall–Kier alpha value is -6.30. The summed E-state index contributed by atoms with van der Waals surface area (Å²) in [6, 6.07) is 45.5. The zero-order chi connectivity index (χ0) is 28.7. The lowest BCUT2D eigenvalue weighted by molar-refractivity contribution is 0.666. The zero-order valence-electron chi connectivity index (χ0n) is 22.7. The van der Waals surface area contributed by atoms with Gasteiger partial charge in [0.25, 0.3) is 0 Å². The van der Waals surface area contributed by atoms with Crippen LogP contribution in [0.5, 0.6) is 0 Å². The molecule has 0 radical (unpaired) electrons. The second-order valence-corrected chi connectivity index (χ2v) is 10.8. The van der Waals surface area contributed by atoms with Crippen molar-refractivity contribution < 1.29 is 4.42 Å². The van der Waals surface area contributed by atoms with Crippen LogP contribution in [0, 0.1) is 22.7 Å². The van der Waals surface area contributed by atoms with Crippen LogP contribution in [0.1, 0.15) is 11.1 Å². The molecular weight excluding hydrogens is 528 g/mol.